The lowest BCUT2D eigenvalue weighted by molar-refractivity contribution is 0.232. The van der Waals surface area contributed by atoms with E-state index >= 15 is 0 Å². The van der Waals surface area contributed by atoms with Crippen LogP contribution in [0.1, 0.15) is 0 Å². The second-order valence-corrected chi connectivity index (χ2v) is 4.64. The van der Waals surface area contributed by atoms with Crippen LogP contribution in [0.2, 0.25) is 0 Å². The van der Waals surface area contributed by atoms with Crippen molar-refractivity contribution >= 4 is 49.4 Å². The second kappa shape index (κ2) is 3.25. The van der Waals surface area contributed by atoms with E-state index in [9.17, 15) is 4.79 Å². The molecular formula is C3H5Cl3NOP. The highest BCUT2D eigenvalue weighted by molar-refractivity contribution is 7.27. The van der Waals surface area contributed by atoms with Gasteiger partial charge in [0.2, 0.25) is 4.20 Å². The van der Waals surface area contributed by atoms with Gasteiger partial charge in [0.25, 0.3) is 0 Å². The lowest BCUT2D eigenvalue weighted by Gasteiger charge is -2.23. The highest BCUT2D eigenvalue weighted by Gasteiger charge is 2.25. The average molecular weight is 208 g/mol. The summed E-state index contributed by atoms with van der Waals surface area (Å²) in [5.41, 5.74) is 0. The van der Waals surface area contributed by atoms with Gasteiger partial charge in [0.15, 0.2) is 0 Å². The van der Waals surface area contributed by atoms with Crippen LogP contribution in [0.15, 0.2) is 0 Å². The van der Waals surface area contributed by atoms with Crippen molar-refractivity contribution in [3.8, 4) is 0 Å². The molecule has 0 saturated carbocycles. The van der Waals surface area contributed by atoms with E-state index in [0.717, 1.165) is 4.90 Å². The summed E-state index contributed by atoms with van der Waals surface area (Å²) in [5, 5.41) is -0.699. The zero-order valence-electron chi connectivity index (χ0n) is 4.57. The van der Waals surface area contributed by atoms with Crippen molar-refractivity contribution in [1.82, 2.24) is 4.90 Å². The summed E-state index contributed by atoms with van der Waals surface area (Å²) >= 11 is 15.9. The highest BCUT2D eigenvalue weighted by Crippen LogP contribution is 2.32. The number of amides is 1. The van der Waals surface area contributed by atoms with Crippen molar-refractivity contribution in [3.63, 3.8) is 0 Å². The first-order valence-corrected chi connectivity index (χ1v) is 3.67. The minimum Gasteiger partial charge on any atom is -0.297 e. The molecular weight excluding hydrogens is 203 g/mol. The molecule has 0 aromatic heterocycles. The largest absolute Gasteiger partial charge is 0.318 e. The first-order valence-electron chi connectivity index (χ1n) is 1.95. The predicted molar refractivity (Wildman–Crippen MR) is 43.2 cm³/mol. The van der Waals surface area contributed by atoms with E-state index in [-0.39, 0.29) is 0 Å². The van der Waals surface area contributed by atoms with Gasteiger partial charge in [-0.1, -0.05) is 32.4 Å². The van der Waals surface area contributed by atoms with Crippen LogP contribution >= 0.6 is 44.0 Å². The summed E-state index contributed by atoms with van der Waals surface area (Å²) < 4.78 is -1.31. The van der Waals surface area contributed by atoms with Crippen LogP contribution in [0.3, 0.4) is 0 Å². The monoisotopic (exact) mass is 207 g/mol. The summed E-state index contributed by atoms with van der Waals surface area (Å²) in [6.45, 7) is 0. The van der Waals surface area contributed by atoms with E-state index in [1.54, 1.807) is 0 Å². The third-order valence-electron chi connectivity index (χ3n) is 0.711. The molecule has 0 aliphatic carbocycles. The van der Waals surface area contributed by atoms with Crippen molar-refractivity contribution in [2.45, 2.75) is 4.20 Å². The predicted octanol–water partition coefficient (Wildman–Crippen LogP) is 2.24. The summed E-state index contributed by atoms with van der Waals surface area (Å²) in [6, 6.07) is 0. The standard InChI is InChI=1S/C3H5Cl3NOP/c1-7(2(4)8)3(5,6)9/h9H2,1H3. The Morgan fingerprint density at radius 2 is 2.00 bits per heavy atom. The van der Waals surface area contributed by atoms with Gasteiger partial charge in [-0.2, -0.15) is 0 Å². The fourth-order valence-electron chi connectivity index (χ4n) is 0.117. The molecule has 0 N–H and O–H groups in total. The van der Waals surface area contributed by atoms with E-state index in [2.05, 4.69) is 9.24 Å². The molecule has 1 atom stereocenters. The molecule has 0 aliphatic heterocycles. The molecule has 6 heteroatoms. The molecule has 0 spiro atoms. The normalized spacial score (nSPS) is 11.2. The Hall–Kier alpha value is 0.770. The Balaban J connectivity index is 4.04. The molecule has 0 aromatic carbocycles. The number of hydrogen-bond donors (Lipinski definition) is 0. The number of alkyl halides is 2. The number of nitrogens with zero attached hydrogens (tertiary/aromatic N) is 1. The van der Waals surface area contributed by atoms with Gasteiger partial charge in [0.05, 0.1) is 0 Å². The van der Waals surface area contributed by atoms with E-state index < -0.39 is 9.56 Å². The zero-order chi connectivity index (χ0) is 7.65. The third kappa shape index (κ3) is 3.47. The summed E-state index contributed by atoms with van der Waals surface area (Å²) in [4.78, 5) is 11.3. The van der Waals surface area contributed by atoms with Gasteiger partial charge in [0, 0.05) is 7.05 Å². The molecule has 0 aromatic rings. The van der Waals surface area contributed by atoms with Crippen LogP contribution in [-0.4, -0.2) is 21.5 Å². The van der Waals surface area contributed by atoms with Gasteiger partial charge >= 0.3 is 5.37 Å². The Kier molecular flexibility index (Phi) is 3.52. The molecule has 0 fully saturated rings. The topological polar surface area (TPSA) is 20.3 Å². The molecule has 54 valence electrons. The quantitative estimate of drug-likeness (QED) is 0.280. The zero-order valence-corrected chi connectivity index (χ0v) is 7.99. The molecule has 0 rings (SSSR count). The van der Waals surface area contributed by atoms with Crippen LogP contribution in [0.25, 0.3) is 0 Å². The first kappa shape index (κ1) is 9.77. The average Bonchev–Trinajstić information content (AvgIpc) is 1.62. The maximum Gasteiger partial charge on any atom is 0.318 e. The van der Waals surface area contributed by atoms with Crippen molar-refractivity contribution in [3.05, 3.63) is 0 Å². The van der Waals surface area contributed by atoms with Gasteiger partial charge in [-0.3, -0.25) is 9.69 Å². The van der Waals surface area contributed by atoms with Gasteiger partial charge in [-0.25, -0.2) is 0 Å². The number of halogens is 3. The van der Waals surface area contributed by atoms with Gasteiger partial charge in [-0.15, -0.1) is 0 Å². The number of carbonyl (C=O) groups is 1. The van der Waals surface area contributed by atoms with Crippen molar-refractivity contribution < 1.29 is 4.79 Å². The maximum absolute atomic E-state index is 10.3. The van der Waals surface area contributed by atoms with Crippen LogP contribution in [0.5, 0.6) is 0 Å². The molecule has 0 radical (unpaired) electrons. The summed E-state index contributed by atoms with van der Waals surface area (Å²) in [6.07, 6.45) is 0. The Bertz CT molecular complexity index is 123. The third-order valence-corrected chi connectivity index (χ3v) is 1.86. The molecule has 2 nitrogen and oxygen atoms in total. The van der Waals surface area contributed by atoms with Crippen molar-refractivity contribution in [2.24, 2.45) is 0 Å². The number of hydrogen-bond acceptors (Lipinski definition) is 1. The first-order chi connectivity index (χ1) is 3.85. The summed E-state index contributed by atoms with van der Waals surface area (Å²) in [7, 11) is 3.44. The molecule has 1 amide bonds. The van der Waals surface area contributed by atoms with E-state index in [4.69, 9.17) is 34.8 Å². The van der Waals surface area contributed by atoms with Crippen molar-refractivity contribution in [1.29, 1.82) is 0 Å². The lowest BCUT2D eigenvalue weighted by atomic mass is 10.9. The number of carbonyl (C=O) groups excluding carboxylic acids is 1. The highest BCUT2D eigenvalue weighted by atomic mass is 35.5. The Morgan fingerprint density at radius 1 is 1.67 bits per heavy atom. The molecule has 9 heavy (non-hydrogen) atoms. The molecule has 0 aliphatic rings. The maximum atomic E-state index is 10.3. The molecule has 1 unspecified atom stereocenters. The van der Waals surface area contributed by atoms with Gasteiger partial charge < -0.3 is 0 Å². The molecule has 0 saturated heterocycles. The van der Waals surface area contributed by atoms with Crippen LogP contribution in [0.4, 0.5) is 4.79 Å². The van der Waals surface area contributed by atoms with Crippen LogP contribution in [0, 0.1) is 0 Å². The fraction of sp³-hybridized carbons (Fsp3) is 0.667. The lowest BCUT2D eigenvalue weighted by Crippen LogP contribution is -2.32. The number of rotatable bonds is 1. The van der Waals surface area contributed by atoms with Crippen LogP contribution in [-0.2, 0) is 0 Å². The summed E-state index contributed by atoms with van der Waals surface area (Å²) in [5.74, 6) is 0. The SMILES string of the molecule is CN(C(=O)Cl)C(P)(Cl)Cl. The molecule has 0 heterocycles. The van der Waals surface area contributed by atoms with E-state index in [0.29, 0.717) is 0 Å². The Morgan fingerprint density at radius 3 is 2.00 bits per heavy atom. The van der Waals surface area contributed by atoms with Gasteiger partial charge in [-0.05, 0) is 11.6 Å². The fourth-order valence-corrected chi connectivity index (χ4v) is 0.690. The van der Waals surface area contributed by atoms with Gasteiger partial charge in [0.1, 0.15) is 0 Å². The van der Waals surface area contributed by atoms with E-state index in [1.165, 1.54) is 7.05 Å². The molecule has 0 bridgehead atoms. The van der Waals surface area contributed by atoms with Crippen molar-refractivity contribution in [2.75, 3.05) is 7.05 Å². The minimum absolute atomic E-state index is 0.699. The van der Waals surface area contributed by atoms with E-state index in [1.807, 2.05) is 0 Å². The minimum atomic E-state index is -1.31. The smallest absolute Gasteiger partial charge is 0.297 e. The second-order valence-electron chi connectivity index (χ2n) is 1.40. The Labute approximate surface area is 70.6 Å². The van der Waals surface area contributed by atoms with Crippen LogP contribution < -0.4 is 0 Å².